The van der Waals surface area contributed by atoms with E-state index in [0.717, 1.165) is 36.6 Å². The Morgan fingerprint density at radius 1 is 1.62 bits per heavy atom. The van der Waals surface area contributed by atoms with Crippen LogP contribution >= 0.6 is 0 Å². The lowest BCUT2D eigenvalue weighted by atomic mass is 10.1. The van der Waals surface area contributed by atoms with Crippen molar-refractivity contribution in [3.05, 3.63) is 23.4 Å². The van der Waals surface area contributed by atoms with Crippen molar-refractivity contribution in [3.8, 4) is 0 Å². The number of nitrogens with zero attached hydrogens (tertiary/aromatic N) is 1. The Balaban J connectivity index is 2.31. The predicted molar refractivity (Wildman–Crippen MR) is 52.6 cm³/mol. The van der Waals surface area contributed by atoms with Crippen molar-refractivity contribution in [2.24, 2.45) is 0 Å². The van der Waals surface area contributed by atoms with Crippen LogP contribution in [0, 0.1) is 0 Å². The molecule has 1 aromatic rings. The average Bonchev–Trinajstić information content (AvgIpc) is 2.59. The van der Waals surface area contributed by atoms with Gasteiger partial charge in [-0.25, -0.2) is 4.98 Å². The SMILES string of the molecule is CCC(C)c1nc2c(o1)CCC=C2. The zero-order chi connectivity index (χ0) is 9.26. The van der Waals surface area contributed by atoms with Gasteiger partial charge >= 0.3 is 0 Å². The highest BCUT2D eigenvalue weighted by Gasteiger charge is 2.16. The van der Waals surface area contributed by atoms with Gasteiger partial charge in [-0.2, -0.15) is 0 Å². The Bertz CT molecular complexity index is 325. The zero-order valence-electron chi connectivity index (χ0n) is 8.21. The second-order valence-electron chi connectivity index (χ2n) is 3.61. The summed E-state index contributed by atoms with van der Waals surface area (Å²) >= 11 is 0. The van der Waals surface area contributed by atoms with Crippen molar-refractivity contribution in [3.63, 3.8) is 0 Å². The summed E-state index contributed by atoms with van der Waals surface area (Å²) in [6, 6.07) is 0. The summed E-state index contributed by atoms with van der Waals surface area (Å²) < 4.78 is 5.70. The average molecular weight is 177 g/mol. The van der Waals surface area contributed by atoms with Gasteiger partial charge in [0, 0.05) is 12.3 Å². The molecule has 2 rings (SSSR count). The number of fused-ring (bicyclic) bond motifs is 1. The highest BCUT2D eigenvalue weighted by molar-refractivity contribution is 5.49. The van der Waals surface area contributed by atoms with Crippen molar-refractivity contribution in [2.75, 3.05) is 0 Å². The van der Waals surface area contributed by atoms with Crippen LogP contribution in [-0.2, 0) is 6.42 Å². The second kappa shape index (κ2) is 3.36. The summed E-state index contributed by atoms with van der Waals surface area (Å²) in [6.45, 7) is 4.31. The van der Waals surface area contributed by atoms with Crippen LogP contribution in [0.25, 0.3) is 6.08 Å². The third kappa shape index (κ3) is 1.53. The van der Waals surface area contributed by atoms with E-state index in [9.17, 15) is 0 Å². The largest absolute Gasteiger partial charge is 0.445 e. The molecule has 0 aromatic carbocycles. The van der Waals surface area contributed by atoms with Crippen molar-refractivity contribution < 1.29 is 4.42 Å². The topological polar surface area (TPSA) is 26.0 Å². The van der Waals surface area contributed by atoms with Crippen LogP contribution in [0.2, 0.25) is 0 Å². The van der Waals surface area contributed by atoms with Crippen LogP contribution < -0.4 is 0 Å². The fraction of sp³-hybridized carbons (Fsp3) is 0.545. The molecule has 0 spiro atoms. The van der Waals surface area contributed by atoms with E-state index >= 15 is 0 Å². The van der Waals surface area contributed by atoms with Gasteiger partial charge in [0.1, 0.15) is 11.5 Å². The number of oxazole rings is 1. The minimum absolute atomic E-state index is 0.444. The van der Waals surface area contributed by atoms with Gasteiger partial charge in [-0.1, -0.05) is 19.9 Å². The normalized spacial score (nSPS) is 17.1. The monoisotopic (exact) mass is 177 g/mol. The first-order chi connectivity index (χ1) is 6.31. The molecular weight excluding hydrogens is 162 g/mol. The van der Waals surface area contributed by atoms with E-state index in [4.69, 9.17) is 4.42 Å². The van der Waals surface area contributed by atoms with Gasteiger partial charge in [0.25, 0.3) is 0 Å². The summed E-state index contributed by atoms with van der Waals surface area (Å²) in [5, 5.41) is 0. The minimum Gasteiger partial charge on any atom is -0.445 e. The van der Waals surface area contributed by atoms with E-state index in [-0.39, 0.29) is 0 Å². The molecule has 13 heavy (non-hydrogen) atoms. The molecule has 0 saturated heterocycles. The van der Waals surface area contributed by atoms with Crippen LogP contribution in [0.5, 0.6) is 0 Å². The van der Waals surface area contributed by atoms with E-state index < -0.39 is 0 Å². The van der Waals surface area contributed by atoms with Crippen LogP contribution in [-0.4, -0.2) is 4.98 Å². The molecular formula is C11H15NO. The molecule has 0 aliphatic heterocycles. The molecule has 1 heterocycles. The molecule has 1 unspecified atom stereocenters. The van der Waals surface area contributed by atoms with E-state index in [1.54, 1.807) is 0 Å². The summed E-state index contributed by atoms with van der Waals surface area (Å²) in [5.74, 6) is 2.41. The molecule has 0 saturated carbocycles. The summed E-state index contributed by atoms with van der Waals surface area (Å²) in [4.78, 5) is 4.47. The third-order valence-corrected chi connectivity index (χ3v) is 2.59. The van der Waals surface area contributed by atoms with E-state index in [1.165, 1.54) is 0 Å². The van der Waals surface area contributed by atoms with Gasteiger partial charge in [-0.3, -0.25) is 0 Å². The van der Waals surface area contributed by atoms with Crippen molar-refractivity contribution in [1.82, 2.24) is 4.98 Å². The Labute approximate surface area is 78.7 Å². The van der Waals surface area contributed by atoms with Gasteiger partial charge in [0.2, 0.25) is 0 Å². The number of aryl methyl sites for hydroxylation is 1. The maximum absolute atomic E-state index is 5.70. The maximum atomic E-state index is 5.70. The van der Waals surface area contributed by atoms with Crippen LogP contribution in [0.4, 0.5) is 0 Å². The molecule has 0 bridgehead atoms. The van der Waals surface area contributed by atoms with Gasteiger partial charge < -0.3 is 4.42 Å². The molecule has 1 aliphatic rings. The maximum Gasteiger partial charge on any atom is 0.197 e. The Kier molecular flexibility index (Phi) is 2.21. The van der Waals surface area contributed by atoms with Crippen LogP contribution in [0.15, 0.2) is 10.5 Å². The van der Waals surface area contributed by atoms with Gasteiger partial charge in [0.05, 0.1) is 0 Å². The second-order valence-corrected chi connectivity index (χ2v) is 3.61. The number of hydrogen-bond donors (Lipinski definition) is 0. The number of hydrogen-bond acceptors (Lipinski definition) is 2. The molecule has 1 aromatic heterocycles. The number of allylic oxidation sites excluding steroid dienone is 1. The lowest BCUT2D eigenvalue weighted by Gasteiger charge is -2.01. The highest BCUT2D eigenvalue weighted by atomic mass is 16.4. The molecule has 1 aliphatic carbocycles. The molecule has 0 N–H and O–H groups in total. The molecule has 0 fully saturated rings. The van der Waals surface area contributed by atoms with Crippen molar-refractivity contribution in [1.29, 1.82) is 0 Å². The van der Waals surface area contributed by atoms with E-state index in [0.29, 0.717) is 5.92 Å². The first-order valence-corrected chi connectivity index (χ1v) is 4.97. The Morgan fingerprint density at radius 2 is 2.46 bits per heavy atom. The van der Waals surface area contributed by atoms with Gasteiger partial charge in [-0.15, -0.1) is 0 Å². The fourth-order valence-electron chi connectivity index (χ4n) is 1.49. The standard InChI is InChI=1S/C11H15NO/c1-3-8(2)11-12-9-6-4-5-7-10(9)13-11/h4,6,8H,3,5,7H2,1-2H3. The smallest absolute Gasteiger partial charge is 0.197 e. The Hall–Kier alpha value is -1.05. The predicted octanol–water partition coefficient (Wildman–Crippen LogP) is 3.15. The molecule has 70 valence electrons. The number of aromatic nitrogens is 1. The van der Waals surface area contributed by atoms with Crippen molar-refractivity contribution >= 4 is 6.08 Å². The molecule has 2 nitrogen and oxygen atoms in total. The molecule has 0 radical (unpaired) electrons. The quantitative estimate of drug-likeness (QED) is 0.693. The number of rotatable bonds is 2. The zero-order valence-corrected chi connectivity index (χ0v) is 8.21. The third-order valence-electron chi connectivity index (χ3n) is 2.59. The lowest BCUT2D eigenvalue weighted by molar-refractivity contribution is 0.422. The fourth-order valence-corrected chi connectivity index (χ4v) is 1.49. The first kappa shape index (κ1) is 8.54. The molecule has 2 heteroatoms. The molecule has 1 atom stereocenters. The Morgan fingerprint density at radius 3 is 3.15 bits per heavy atom. The van der Waals surface area contributed by atoms with E-state index in [2.05, 4.69) is 31.0 Å². The molecule has 0 amide bonds. The lowest BCUT2D eigenvalue weighted by Crippen LogP contribution is -1.90. The highest BCUT2D eigenvalue weighted by Crippen LogP contribution is 2.25. The van der Waals surface area contributed by atoms with Crippen molar-refractivity contribution in [2.45, 2.75) is 39.0 Å². The summed E-state index contributed by atoms with van der Waals surface area (Å²) in [7, 11) is 0. The van der Waals surface area contributed by atoms with Gasteiger partial charge in [-0.05, 0) is 18.9 Å². The minimum atomic E-state index is 0.444. The summed E-state index contributed by atoms with van der Waals surface area (Å²) in [6.07, 6.45) is 7.40. The first-order valence-electron chi connectivity index (χ1n) is 4.97. The summed E-state index contributed by atoms with van der Waals surface area (Å²) in [5.41, 5.74) is 1.04. The van der Waals surface area contributed by atoms with Gasteiger partial charge in [0.15, 0.2) is 5.89 Å². The van der Waals surface area contributed by atoms with Crippen LogP contribution in [0.1, 0.15) is 50.0 Å². The van der Waals surface area contributed by atoms with Crippen LogP contribution in [0.3, 0.4) is 0 Å². The van der Waals surface area contributed by atoms with E-state index in [1.807, 2.05) is 0 Å².